The van der Waals surface area contributed by atoms with Gasteiger partial charge in [-0.05, 0) is 45.2 Å². The molecule has 2 unspecified atom stereocenters. The number of fused-ring (bicyclic) bond motifs is 4. The van der Waals surface area contributed by atoms with Crippen LogP contribution < -0.4 is 0 Å². The van der Waals surface area contributed by atoms with Gasteiger partial charge in [0.25, 0.3) is 0 Å². The van der Waals surface area contributed by atoms with Crippen LogP contribution in [0.4, 0.5) is 0 Å². The predicted molar refractivity (Wildman–Crippen MR) is 155 cm³/mol. The molecule has 3 aromatic carbocycles. The van der Waals surface area contributed by atoms with Gasteiger partial charge in [0.2, 0.25) is 0 Å². The minimum atomic E-state index is -1.96. The van der Waals surface area contributed by atoms with Crippen molar-refractivity contribution in [3.63, 3.8) is 0 Å². The van der Waals surface area contributed by atoms with E-state index in [1.54, 1.807) is 22.3 Å². The van der Waals surface area contributed by atoms with Crippen molar-refractivity contribution in [1.82, 2.24) is 0 Å². The quantitative estimate of drug-likeness (QED) is 0.309. The Kier molecular flexibility index (Phi) is 6.10. The van der Waals surface area contributed by atoms with Gasteiger partial charge in [-0.1, -0.05) is 137 Å². The van der Waals surface area contributed by atoms with Crippen molar-refractivity contribution >= 4 is 22.9 Å². The molecule has 0 fully saturated rings. The maximum absolute atomic E-state index is 2.76. The van der Waals surface area contributed by atoms with Gasteiger partial charge in [-0.25, -0.2) is 0 Å². The fraction of sp³-hybridized carbons (Fsp3) is 0.375. The molecule has 176 valence electrons. The molecule has 0 saturated carbocycles. The van der Waals surface area contributed by atoms with Crippen LogP contribution in [0.2, 0.25) is 31.7 Å². The highest BCUT2D eigenvalue weighted by atomic mass is 28.3. The molecule has 3 aromatic rings. The second-order valence-electron chi connectivity index (χ2n) is 12.6. The van der Waals surface area contributed by atoms with E-state index in [0.717, 1.165) is 0 Å². The molecule has 5 rings (SSSR count). The summed E-state index contributed by atoms with van der Waals surface area (Å²) in [7, 11) is -2.57. The van der Waals surface area contributed by atoms with Crippen LogP contribution in [0, 0.1) is 5.41 Å². The molecule has 0 aromatic heterocycles. The smallest absolute Gasteiger partial charge is 0.0722 e. The second-order valence-corrected chi connectivity index (χ2v) is 20.4. The first kappa shape index (κ1) is 23.6. The maximum Gasteiger partial charge on any atom is 0.0761 e. The first-order valence-corrected chi connectivity index (χ1v) is 19.2. The second kappa shape index (κ2) is 8.80. The van der Waals surface area contributed by atoms with Crippen molar-refractivity contribution in [3.8, 4) is 11.1 Å². The van der Waals surface area contributed by atoms with Gasteiger partial charge in [-0.2, -0.15) is 0 Å². The molecule has 0 amide bonds. The number of benzene rings is 3. The van der Waals surface area contributed by atoms with E-state index < -0.39 is 16.9 Å². The van der Waals surface area contributed by atoms with Crippen molar-refractivity contribution in [2.75, 3.05) is 0 Å². The zero-order valence-electron chi connectivity index (χ0n) is 21.9. The summed E-state index contributed by atoms with van der Waals surface area (Å²) in [5.74, 6) is 0. The normalized spacial score (nSPS) is 18.9. The molecular formula is C32H40Si2. The maximum atomic E-state index is 2.76. The standard InChI is InChI=1S/C32H40Si2/c1-32(2,3)22-34(6,30-24(19-20-33(4)5)21-23-13-7-8-14-25(23)30)31-28-17-11-9-15-26(28)27-16-10-12-18-29(27)31/h7-18,21,30-31,33H,19-20,22H2,1-6H3. The summed E-state index contributed by atoms with van der Waals surface area (Å²) >= 11 is 0. The lowest BCUT2D eigenvalue weighted by atomic mass is 10.0. The summed E-state index contributed by atoms with van der Waals surface area (Å²) < 4.78 is 0. The zero-order chi connectivity index (χ0) is 24.1. The van der Waals surface area contributed by atoms with E-state index in [1.165, 1.54) is 35.2 Å². The van der Waals surface area contributed by atoms with E-state index in [2.05, 4.69) is 119 Å². The van der Waals surface area contributed by atoms with Gasteiger partial charge >= 0.3 is 0 Å². The van der Waals surface area contributed by atoms with Gasteiger partial charge in [0.15, 0.2) is 0 Å². The molecule has 34 heavy (non-hydrogen) atoms. The van der Waals surface area contributed by atoms with Crippen LogP contribution >= 0.6 is 0 Å². The molecule has 0 nitrogen and oxygen atoms in total. The van der Waals surface area contributed by atoms with Crippen LogP contribution in [0.1, 0.15) is 60.5 Å². The molecule has 0 aliphatic heterocycles. The number of allylic oxidation sites excluding steroid dienone is 1. The fourth-order valence-corrected chi connectivity index (χ4v) is 15.1. The van der Waals surface area contributed by atoms with E-state index in [0.29, 0.717) is 16.5 Å². The van der Waals surface area contributed by atoms with E-state index in [1.807, 2.05) is 0 Å². The van der Waals surface area contributed by atoms with Gasteiger partial charge in [0.05, 0.1) is 8.07 Å². The van der Waals surface area contributed by atoms with Crippen LogP contribution in [0.3, 0.4) is 0 Å². The number of rotatable bonds is 6. The Bertz CT molecular complexity index is 1180. The highest BCUT2D eigenvalue weighted by molar-refractivity contribution is 6.83. The number of hydrogen-bond donors (Lipinski definition) is 0. The summed E-state index contributed by atoms with van der Waals surface area (Å²) in [6, 6.07) is 30.7. The largest absolute Gasteiger partial charge is 0.0761 e. The summed E-state index contributed by atoms with van der Waals surface area (Å²) in [4.78, 5) is 0. The summed E-state index contributed by atoms with van der Waals surface area (Å²) in [5, 5.41) is 0. The van der Waals surface area contributed by atoms with Crippen LogP contribution in [0.25, 0.3) is 17.2 Å². The average Bonchev–Trinajstić information content (AvgIpc) is 3.33. The Morgan fingerprint density at radius 3 is 1.82 bits per heavy atom. The first-order chi connectivity index (χ1) is 16.2. The highest BCUT2D eigenvalue weighted by Crippen LogP contribution is 2.58. The lowest BCUT2D eigenvalue weighted by molar-refractivity contribution is 0.456. The Hall–Kier alpha value is -2.17. The minimum absolute atomic E-state index is 0.295. The molecule has 2 atom stereocenters. The molecule has 2 heteroatoms. The van der Waals surface area contributed by atoms with E-state index in [4.69, 9.17) is 0 Å². The van der Waals surface area contributed by atoms with Crippen LogP contribution in [0.15, 0.2) is 78.4 Å². The van der Waals surface area contributed by atoms with Gasteiger partial charge in [-0.3, -0.25) is 0 Å². The average molecular weight is 481 g/mol. The fourth-order valence-electron chi connectivity index (χ4n) is 7.22. The molecule has 2 aliphatic rings. The van der Waals surface area contributed by atoms with Crippen LogP contribution in [0.5, 0.6) is 0 Å². The minimum Gasteiger partial charge on any atom is -0.0722 e. The van der Waals surface area contributed by atoms with Crippen molar-refractivity contribution in [2.45, 2.75) is 70.0 Å². The van der Waals surface area contributed by atoms with E-state index in [9.17, 15) is 0 Å². The summed E-state index contributed by atoms with van der Waals surface area (Å²) in [6.07, 6.45) is 3.88. The lowest BCUT2D eigenvalue weighted by Gasteiger charge is -2.45. The number of hydrogen-bond acceptors (Lipinski definition) is 0. The third-order valence-electron chi connectivity index (χ3n) is 8.09. The van der Waals surface area contributed by atoms with E-state index >= 15 is 0 Å². The van der Waals surface area contributed by atoms with Gasteiger partial charge < -0.3 is 0 Å². The molecule has 0 saturated heterocycles. The predicted octanol–water partition coefficient (Wildman–Crippen LogP) is 9.06. The first-order valence-electron chi connectivity index (χ1n) is 13.2. The van der Waals surface area contributed by atoms with Crippen molar-refractivity contribution in [1.29, 1.82) is 0 Å². The van der Waals surface area contributed by atoms with Gasteiger partial charge in [0.1, 0.15) is 0 Å². The molecule has 0 heterocycles. The Morgan fingerprint density at radius 1 is 0.735 bits per heavy atom. The molecule has 0 spiro atoms. The van der Waals surface area contributed by atoms with Crippen molar-refractivity contribution < 1.29 is 0 Å². The van der Waals surface area contributed by atoms with Crippen LogP contribution in [-0.2, 0) is 0 Å². The van der Waals surface area contributed by atoms with Crippen molar-refractivity contribution in [2.24, 2.45) is 5.41 Å². The topological polar surface area (TPSA) is 0 Å². The highest BCUT2D eigenvalue weighted by Gasteiger charge is 2.52. The lowest BCUT2D eigenvalue weighted by Crippen LogP contribution is -2.48. The summed E-state index contributed by atoms with van der Waals surface area (Å²) in [5.41, 5.74) is 12.4. The molecule has 0 bridgehead atoms. The van der Waals surface area contributed by atoms with Gasteiger partial charge in [0, 0.05) is 19.9 Å². The SMILES string of the molecule is C[SiH](C)CCC1=Cc2ccccc2C1[Si](C)(CC(C)(C)C)C1c2ccccc2-c2ccccc21. The third-order valence-corrected chi connectivity index (χ3v) is 15.3. The van der Waals surface area contributed by atoms with Crippen molar-refractivity contribution in [3.05, 3.63) is 101 Å². The van der Waals surface area contributed by atoms with E-state index in [-0.39, 0.29) is 0 Å². The Balaban J connectivity index is 1.73. The third kappa shape index (κ3) is 4.09. The molecular weight excluding hydrogens is 441 g/mol. The Morgan fingerprint density at radius 2 is 1.26 bits per heavy atom. The summed E-state index contributed by atoms with van der Waals surface area (Å²) in [6.45, 7) is 15.2. The zero-order valence-corrected chi connectivity index (χ0v) is 24.0. The Labute approximate surface area is 209 Å². The molecule has 0 radical (unpaired) electrons. The van der Waals surface area contributed by atoms with Crippen LogP contribution in [-0.4, -0.2) is 16.9 Å². The molecule has 0 N–H and O–H groups in total. The monoisotopic (exact) mass is 480 g/mol. The van der Waals surface area contributed by atoms with Gasteiger partial charge in [-0.15, -0.1) is 0 Å². The molecule has 2 aliphatic carbocycles.